The molecule has 2 aromatic carbocycles. The van der Waals surface area contributed by atoms with Gasteiger partial charge < -0.3 is 0 Å². The number of nitrogens with zero attached hydrogens (tertiary/aromatic N) is 2. The molecule has 0 saturated carbocycles. The highest BCUT2D eigenvalue weighted by atomic mass is 16.6. The number of nitro benzene ring substituents is 1. The fourth-order valence-electron chi connectivity index (χ4n) is 2.17. The zero-order chi connectivity index (χ0) is 14.6. The number of hydrogen-bond acceptors (Lipinski definition) is 3. The fourth-order valence-corrected chi connectivity index (χ4v) is 2.17. The molecule has 2 aromatic rings. The summed E-state index contributed by atoms with van der Waals surface area (Å²) in [5.74, 6) is 0. The minimum Gasteiger partial charge on any atom is -0.258 e. The van der Waals surface area contributed by atoms with Crippen LogP contribution in [0.15, 0.2) is 54.6 Å². The molecular weight excluding hydrogens is 252 g/mol. The van der Waals surface area contributed by atoms with Crippen LogP contribution in [0.1, 0.15) is 18.1 Å². The predicted octanol–water partition coefficient (Wildman–Crippen LogP) is 3.62. The van der Waals surface area contributed by atoms with Gasteiger partial charge in [0.15, 0.2) is 0 Å². The topological polar surface area (TPSA) is 66.9 Å². The van der Waals surface area contributed by atoms with Crippen molar-refractivity contribution in [3.63, 3.8) is 0 Å². The van der Waals surface area contributed by atoms with Crippen LogP contribution in [0.25, 0.3) is 0 Å². The Hall–Kier alpha value is -2.67. The Balaban J connectivity index is 2.38. The molecule has 0 aromatic heterocycles. The number of rotatable bonds is 4. The Kier molecular flexibility index (Phi) is 3.81. The van der Waals surface area contributed by atoms with Crippen LogP contribution in [0.3, 0.4) is 0 Å². The molecule has 0 aliphatic heterocycles. The van der Waals surface area contributed by atoms with Gasteiger partial charge in [-0.25, -0.2) is 0 Å². The van der Waals surface area contributed by atoms with Gasteiger partial charge in [0.1, 0.15) is 0 Å². The lowest BCUT2D eigenvalue weighted by Gasteiger charge is -2.22. The maximum Gasteiger partial charge on any atom is 0.269 e. The van der Waals surface area contributed by atoms with Crippen molar-refractivity contribution in [2.45, 2.75) is 18.8 Å². The number of nitriles is 1. The van der Waals surface area contributed by atoms with E-state index in [1.165, 1.54) is 12.1 Å². The molecule has 0 N–H and O–H groups in total. The van der Waals surface area contributed by atoms with Crippen molar-refractivity contribution in [1.82, 2.24) is 0 Å². The highest BCUT2D eigenvalue weighted by Crippen LogP contribution is 2.29. The molecule has 4 nitrogen and oxygen atoms in total. The molecule has 0 saturated heterocycles. The summed E-state index contributed by atoms with van der Waals surface area (Å²) in [7, 11) is 0. The van der Waals surface area contributed by atoms with E-state index in [9.17, 15) is 15.4 Å². The maximum atomic E-state index is 10.8. The van der Waals surface area contributed by atoms with Crippen LogP contribution in [-0.2, 0) is 11.8 Å². The molecule has 1 unspecified atom stereocenters. The smallest absolute Gasteiger partial charge is 0.258 e. The molecule has 0 aliphatic rings. The van der Waals surface area contributed by atoms with Gasteiger partial charge in [-0.3, -0.25) is 10.1 Å². The van der Waals surface area contributed by atoms with Crippen LogP contribution in [0.4, 0.5) is 5.69 Å². The Morgan fingerprint density at radius 2 is 1.90 bits per heavy atom. The van der Waals surface area contributed by atoms with Crippen LogP contribution in [0.2, 0.25) is 0 Å². The lowest BCUT2D eigenvalue weighted by atomic mass is 9.78. The third-order valence-corrected chi connectivity index (χ3v) is 3.34. The number of non-ortho nitro benzene ring substituents is 1. The van der Waals surface area contributed by atoms with E-state index in [1.54, 1.807) is 19.1 Å². The first kappa shape index (κ1) is 13.8. The molecule has 4 heteroatoms. The Morgan fingerprint density at radius 3 is 2.50 bits per heavy atom. The maximum absolute atomic E-state index is 10.8. The summed E-state index contributed by atoms with van der Waals surface area (Å²) in [5.41, 5.74) is 0.922. The second kappa shape index (κ2) is 5.54. The zero-order valence-electron chi connectivity index (χ0n) is 11.1. The molecule has 20 heavy (non-hydrogen) atoms. The highest BCUT2D eigenvalue weighted by Gasteiger charge is 2.28. The molecule has 1 atom stereocenters. The van der Waals surface area contributed by atoms with Gasteiger partial charge in [-0.2, -0.15) is 5.26 Å². The van der Waals surface area contributed by atoms with E-state index in [-0.39, 0.29) is 5.69 Å². The van der Waals surface area contributed by atoms with E-state index in [4.69, 9.17) is 0 Å². The second-order valence-corrected chi connectivity index (χ2v) is 4.91. The third kappa shape index (κ3) is 2.83. The van der Waals surface area contributed by atoms with Crippen molar-refractivity contribution >= 4 is 5.69 Å². The fraction of sp³-hybridized carbons (Fsp3) is 0.188. The normalized spacial score (nSPS) is 13.2. The first-order chi connectivity index (χ1) is 9.55. The molecule has 2 rings (SSSR count). The molecule has 0 radical (unpaired) electrons. The highest BCUT2D eigenvalue weighted by molar-refractivity contribution is 5.42. The van der Waals surface area contributed by atoms with Crippen molar-refractivity contribution in [2.75, 3.05) is 0 Å². The Bertz CT molecular complexity index is 662. The van der Waals surface area contributed by atoms with Crippen LogP contribution in [0.5, 0.6) is 0 Å². The first-order valence-electron chi connectivity index (χ1n) is 6.25. The lowest BCUT2D eigenvalue weighted by molar-refractivity contribution is -0.384. The minimum atomic E-state index is -0.784. The van der Waals surface area contributed by atoms with Crippen molar-refractivity contribution in [1.29, 1.82) is 5.26 Å². The van der Waals surface area contributed by atoms with Gasteiger partial charge in [0.05, 0.1) is 16.4 Å². The Morgan fingerprint density at radius 1 is 1.20 bits per heavy atom. The standard InChI is InChI=1S/C16H14N2O2/c1-16(12-17,11-13-6-3-2-4-7-13)14-8-5-9-15(10-14)18(19)20/h2-10H,11H2,1H3. The Labute approximate surface area is 117 Å². The van der Waals surface area contributed by atoms with Crippen LogP contribution < -0.4 is 0 Å². The molecule has 0 bridgehead atoms. The van der Waals surface area contributed by atoms with Crippen LogP contribution in [-0.4, -0.2) is 4.92 Å². The summed E-state index contributed by atoms with van der Waals surface area (Å²) >= 11 is 0. The summed E-state index contributed by atoms with van der Waals surface area (Å²) < 4.78 is 0. The van der Waals surface area contributed by atoms with Crippen molar-refractivity contribution in [3.8, 4) is 6.07 Å². The molecule has 0 aliphatic carbocycles. The molecule has 0 fully saturated rings. The molecule has 0 spiro atoms. The lowest BCUT2D eigenvalue weighted by Crippen LogP contribution is -2.22. The average Bonchev–Trinajstić information content (AvgIpc) is 2.48. The van der Waals surface area contributed by atoms with Gasteiger partial charge in [-0.05, 0) is 24.5 Å². The summed E-state index contributed by atoms with van der Waals surface area (Å²) in [6.45, 7) is 1.80. The largest absolute Gasteiger partial charge is 0.269 e. The van der Waals surface area contributed by atoms with Crippen molar-refractivity contribution in [3.05, 3.63) is 75.8 Å². The second-order valence-electron chi connectivity index (χ2n) is 4.91. The summed E-state index contributed by atoms with van der Waals surface area (Å²) in [6, 6.07) is 18.2. The van der Waals surface area contributed by atoms with E-state index in [1.807, 2.05) is 30.3 Å². The van der Waals surface area contributed by atoms with E-state index in [2.05, 4.69) is 6.07 Å². The quantitative estimate of drug-likeness (QED) is 0.627. The number of hydrogen-bond donors (Lipinski definition) is 0. The van der Waals surface area contributed by atoms with Gasteiger partial charge in [0.25, 0.3) is 5.69 Å². The molecular formula is C16H14N2O2. The van der Waals surface area contributed by atoms with Gasteiger partial charge in [-0.15, -0.1) is 0 Å². The van der Waals surface area contributed by atoms with E-state index in [0.29, 0.717) is 12.0 Å². The minimum absolute atomic E-state index is 0.0111. The van der Waals surface area contributed by atoms with Gasteiger partial charge >= 0.3 is 0 Å². The molecule has 0 amide bonds. The van der Waals surface area contributed by atoms with Gasteiger partial charge in [-0.1, -0.05) is 42.5 Å². The monoisotopic (exact) mass is 266 g/mol. The molecule has 100 valence electrons. The van der Waals surface area contributed by atoms with Crippen molar-refractivity contribution < 1.29 is 4.92 Å². The summed E-state index contributed by atoms with van der Waals surface area (Å²) in [4.78, 5) is 10.4. The third-order valence-electron chi connectivity index (χ3n) is 3.34. The van der Waals surface area contributed by atoms with Crippen LogP contribution in [0, 0.1) is 21.4 Å². The summed E-state index contributed by atoms with van der Waals surface area (Å²) in [6.07, 6.45) is 0.519. The van der Waals surface area contributed by atoms with Gasteiger partial charge in [0.2, 0.25) is 0 Å². The van der Waals surface area contributed by atoms with E-state index >= 15 is 0 Å². The average molecular weight is 266 g/mol. The molecule has 0 heterocycles. The van der Waals surface area contributed by atoms with E-state index in [0.717, 1.165) is 5.56 Å². The first-order valence-corrected chi connectivity index (χ1v) is 6.25. The van der Waals surface area contributed by atoms with Crippen LogP contribution >= 0.6 is 0 Å². The SMILES string of the molecule is CC(C#N)(Cc1ccccc1)c1cccc([N+](=O)[O-])c1. The van der Waals surface area contributed by atoms with E-state index < -0.39 is 10.3 Å². The zero-order valence-corrected chi connectivity index (χ0v) is 11.1. The van der Waals surface area contributed by atoms with Crippen molar-refractivity contribution in [2.24, 2.45) is 0 Å². The predicted molar refractivity (Wildman–Crippen MR) is 76.2 cm³/mol. The summed E-state index contributed by atoms with van der Waals surface area (Å²) in [5, 5.41) is 20.4. The number of nitro groups is 1. The van der Waals surface area contributed by atoms with Gasteiger partial charge in [0, 0.05) is 12.1 Å². The number of benzene rings is 2.